The molecule has 0 atom stereocenters. The van der Waals surface area contributed by atoms with Gasteiger partial charge in [-0.3, -0.25) is 4.90 Å². The Morgan fingerprint density at radius 2 is 2.11 bits per heavy atom. The third-order valence-corrected chi connectivity index (χ3v) is 3.90. The van der Waals surface area contributed by atoms with E-state index in [1.54, 1.807) is 0 Å². The van der Waals surface area contributed by atoms with E-state index in [4.69, 9.17) is 11.6 Å². The van der Waals surface area contributed by atoms with Gasteiger partial charge in [0.2, 0.25) is 0 Å². The van der Waals surface area contributed by atoms with Crippen molar-refractivity contribution in [2.24, 2.45) is 0 Å². The lowest BCUT2D eigenvalue weighted by atomic mass is 9.99. The number of likely N-dealkylation sites (N-methyl/N-ethyl adjacent to an activating group) is 1. The zero-order chi connectivity index (χ0) is 14.2. The van der Waals surface area contributed by atoms with Gasteiger partial charge in [0.15, 0.2) is 0 Å². The van der Waals surface area contributed by atoms with Gasteiger partial charge in [-0.05, 0) is 33.0 Å². The Morgan fingerprint density at radius 3 is 2.68 bits per heavy atom. The summed E-state index contributed by atoms with van der Waals surface area (Å²) in [7, 11) is 2.07. The topological polar surface area (TPSA) is 56.7 Å². The van der Waals surface area contributed by atoms with Gasteiger partial charge in [0.25, 0.3) is 0 Å². The number of hydrogen-bond donors (Lipinski definition) is 1. The first-order valence-electron chi connectivity index (χ1n) is 6.17. The molecule has 2 rings (SSSR count). The van der Waals surface area contributed by atoms with E-state index in [-0.39, 0.29) is 11.1 Å². The molecule has 1 N–H and O–H groups in total. The van der Waals surface area contributed by atoms with E-state index in [9.17, 15) is 9.90 Å². The van der Waals surface area contributed by atoms with Crippen LogP contribution in [0.15, 0.2) is 12.1 Å². The molecule has 0 saturated carbocycles. The molecule has 0 spiro atoms. The maximum atomic E-state index is 11.3. The molecule has 19 heavy (non-hydrogen) atoms. The number of aromatic carboxylic acids is 1. The number of piperazine rings is 1. The summed E-state index contributed by atoms with van der Waals surface area (Å²) < 4.78 is 0. The molecule has 2 heterocycles. The first kappa shape index (κ1) is 14.1. The molecule has 1 aromatic heterocycles. The predicted octanol–water partition coefficient (Wildman–Crippen LogP) is 1.96. The van der Waals surface area contributed by atoms with Crippen LogP contribution >= 0.6 is 11.6 Å². The third-order valence-electron chi connectivity index (χ3n) is 3.69. The van der Waals surface area contributed by atoms with Crippen LogP contribution in [0.2, 0.25) is 5.15 Å². The van der Waals surface area contributed by atoms with Crippen molar-refractivity contribution in [3.05, 3.63) is 22.8 Å². The molecule has 6 heteroatoms. The van der Waals surface area contributed by atoms with Gasteiger partial charge in [-0.2, -0.15) is 0 Å². The van der Waals surface area contributed by atoms with Crippen molar-refractivity contribution in [1.82, 2.24) is 9.88 Å². The van der Waals surface area contributed by atoms with E-state index in [1.165, 1.54) is 12.1 Å². The van der Waals surface area contributed by atoms with Crippen molar-refractivity contribution in [1.29, 1.82) is 0 Å². The summed E-state index contributed by atoms with van der Waals surface area (Å²) in [5.41, 5.74) is 0.169. The first-order valence-corrected chi connectivity index (χ1v) is 6.55. The maximum Gasteiger partial charge on any atom is 0.339 e. The molecule has 5 nitrogen and oxygen atoms in total. The standard InChI is InChI=1S/C13H18ClN3O2/c1-13(2)8-17(7-6-16(13)3)11-9(12(18)19)4-5-10(14)15-11/h4-5H,6-8H2,1-3H3,(H,18,19). The minimum atomic E-state index is -0.976. The van der Waals surface area contributed by atoms with Crippen LogP contribution in [0.25, 0.3) is 0 Å². The van der Waals surface area contributed by atoms with E-state index >= 15 is 0 Å². The number of carboxylic acids is 1. The van der Waals surface area contributed by atoms with Crippen molar-refractivity contribution in [2.75, 3.05) is 31.6 Å². The van der Waals surface area contributed by atoms with Gasteiger partial charge in [0.1, 0.15) is 16.5 Å². The van der Waals surface area contributed by atoms with Crippen LogP contribution in [0.1, 0.15) is 24.2 Å². The van der Waals surface area contributed by atoms with Crippen LogP contribution < -0.4 is 4.90 Å². The van der Waals surface area contributed by atoms with Gasteiger partial charge >= 0.3 is 5.97 Å². The first-order chi connectivity index (χ1) is 8.81. The molecule has 1 aliphatic heterocycles. The number of carbonyl (C=O) groups is 1. The van der Waals surface area contributed by atoms with Crippen LogP contribution in [0.5, 0.6) is 0 Å². The van der Waals surface area contributed by atoms with Crippen LogP contribution in [0, 0.1) is 0 Å². The number of aromatic nitrogens is 1. The molecule has 0 amide bonds. The van der Waals surface area contributed by atoms with E-state index in [1.807, 2.05) is 4.90 Å². The monoisotopic (exact) mass is 283 g/mol. The lowest BCUT2D eigenvalue weighted by molar-refractivity contribution is 0.0696. The zero-order valence-electron chi connectivity index (χ0n) is 11.4. The summed E-state index contributed by atoms with van der Waals surface area (Å²) in [5, 5.41) is 9.57. The molecule has 0 unspecified atom stereocenters. The number of halogens is 1. The number of rotatable bonds is 2. The van der Waals surface area contributed by atoms with Gasteiger partial charge in [-0.15, -0.1) is 0 Å². The highest BCUT2D eigenvalue weighted by molar-refractivity contribution is 6.29. The molecule has 0 bridgehead atoms. The minimum Gasteiger partial charge on any atom is -0.478 e. The Labute approximate surface area is 117 Å². The molecule has 0 radical (unpaired) electrons. The number of nitrogens with zero attached hydrogens (tertiary/aromatic N) is 3. The highest BCUT2D eigenvalue weighted by Crippen LogP contribution is 2.27. The average molecular weight is 284 g/mol. The molecule has 1 aromatic rings. The van der Waals surface area contributed by atoms with Gasteiger partial charge in [0, 0.05) is 25.2 Å². The largest absolute Gasteiger partial charge is 0.478 e. The molecule has 0 aromatic carbocycles. The van der Waals surface area contributed by atoms with E-state index in [0.717, 1.165) is 19.6 Å². The Morgan fingerprint density at radius 1 is 1.42 bits per heavy atom. The summed E-state index contributed by atoms with van der Waals surface area (Å²) in [6.07, 6.45) is 0. The highest BCUT2D eigenvalue weighted by atomic mass is 35.5. The highest BCUT2D eigenvalue weighted by Gasteiger charge is 2.33. The van der Waals surface area contributed by atoms with E-state index in [0.29, 0.717) is 11.0 Å². The smallest absolute Gasteiger partial charge is 0.339 e. The van der Waals surface area contributed by atoms with Crippen molar-refractivity contribution < 1.29 is 9.90 Å². The van der Waals surface area contributed by atoms with Crippen LogP contribution in [-0.2, 0) is 0 Å². The molecular formula is C13H18ClN3O2. The van der Waals surface area contributed by atoms with Gasteiger partial charge in [-0.25, -0.2) is 9.78 Å². The van der Waals surface area contributed by atoms with Gasteiger partial charge in [-0.1, -0.05) is 11.6 Å². The van der Waals surface area contributed by atoms with Crippen LogP contribution in [0.4, 0.5) is 5.82 Å². The fraction of sp³-hybridized carbons (Fsp3) is 0.538. The lowest BCUT2D eigenvalue weighted by Gasteiger charge is -2.46. The quantitative estimate of drug-likeness (QED) is 0.841. The molecular weight excluding hydrogens is 266 g/mol. The summed E-state index contributed by atoms with van der Waals surface area (Å²) in [6, 6.07) is 3.02. The molecule has 1 fully saturated rings. The summed E-state index contributed by atoms with van der Waals surface area (Å²) >= 11 is 5.90. The van der Waals surface area contributed by atoms with Crippen molar-refractivity contribution in [2.45, 2.75) is 19.4 Å². The van der Waals surface area contributed by atoms with Gasteiger partial charge in [0.05, 0.1) is 0 Å². The SMILES string of the molecule is CN1CCN(c2nc(Cl)ccc2C(=O)O)CC1(C)C. The lowest BCUT2D eigenvalue weighted by Crippen LogP contribution is -2.58. The molecule has 1 saturated heterocycles. The number of anilines is 1. The van der Waals surface area contributed by atoms with Crippen molar-refractivity contribution >= 4 is 23.4 Å². The van der Waals surface area contributed by atoms with Crippen molar-refractivity contribution in [3.63, 3.8) is 0 Å². The predicted molar refractivity (Wildman–Crippen MR) is 75.1 cm³/mol. The molecule has 1 aliphatic rings. The summed E-state index contributed by atoms with van der Waals surface area (Å²) in [6.45, 7) is 6.58. The fourth-order valence-corrected chi connectivity index (χ4v) is 2.40. The Balaban J connectivity index is 2.36. The maximum absolute atomic E-state index is 11.3. The normalized spacial score (nSPS) is 19.5. The second-order valence-corrected chi connectivity index (χ2v) is 5.85. The average Bonchev–Trinajstić information content (AvgIpc) is 2.32. The van der Waals surface area contributed by atoms with Crippen LogP contribution in [0.3, 0.4) is 0 Å². The third kappa shape index (κ3) is 2.82. The number of hydrogen-bond acceptors (Lipinski definition) is 4. The molecule has 0 aliphatic carbocycles. The second kappa shape index (κ2) is 4.98. The number of carboxylic acid groups (broad SMARTS) is 1. The fourth-order valence-electron chi connectivity index (χ4n) is 2.25. The number of pyridine rings is 1. The Kier molecular flexibility index (Phi) is 3.69. The van der Waals surface area contributed by atoms with E-state index in [2.05, 4.69) is 30.8 Å². The Bertz CT molecular complexity index is 505. The van der Waals surface area contributed by atoms with Crippen molar-refractivity contribution in [3.8, 4) is 0 Å². The minimum absolute atomic E-state index is 0.0297. The summed E-state index contributed by atoms with van der Waals surface area (Å²) in [4.78, 5) is 19.7. The zero-order valence-corrected chi connectivity index (χ0v) is 12.1. The second-order valence-electron chi connectivity index (χ2n) is 5.47. The summed E-state index contributed by atoms with van der Waals surface area (Å²) in [5.74, 6) is -0.517. The van der Waals surface area contributed by atoms with E-state index < -0.39 is 5.97 Å². The Hall–Kier alpha value is -1.33. The van der Waals surface area contributed by atoms with Crippen LogP contribution in [-0.4, -0.2) is 53.2 Å². The molecule has 104 valence electrons. The van der Waals surface area contributed by atoms with Gasteiger partial charge < -0.3 is 10.0 Å².